The van der Waals surface area contributed by atoms with Crippen LogP contribution in [0.5, 0.6) is 5.75 Å². The van der Waals surface area contributed by atoms with Crippen LogP contribution in [0.2, 0.25) is 0 Å². The van der Waals surface area contributed by atoms with Crippen LogP contribution in [0.25, 0.3) is 0 Å². The van der Waals surface area contributed by atoms with E-state index in [1.54, 1.807) is 0 Å². The summed E-state index contributed by atoms with van der Waals surface area (Å²) >= 11 is 0. The van der Waals surface area contributed by atoms with Crippen LogP contribution in [0, 0.1) is 0 Å². The van der Waals surface area contributed by atoms with Gasteiger partial charge < -0.3 is 21.0 Å². The molecule has 10 nitrogen and oxygen atoms in total. The number of hydrogen-bond donors (Lipinski definition) is 3. The molecule has 2 rings (SSSR count). The first-order valence-corrected chi connectivity index (χ1v) is 7.90. The van der Waals surface area contributed by atoms with E-state index in [0.717, 1.165) is 22.9 Å². The van der Waals surface area contributed by atoms with Crippen molar-refractivity contribution >= 4 is 29.5 Å². The van der Waals surface area contributed by atoms with Crippen molar-refractivity contribution in [3.8, 4) is 5.75 Å². The summed E-state index contributed by atoms with van der Waals surface area (Å²) < 4.78 is 41.4. The first-order valence-electron chi connectivity index (χ1n) is 7.90. The van der Waals surface area contributed by atoms with Crippen molar-refractivity contribution in [2.24, 2.45) is 15.9 Å². The van der Waals surface area contributed by atoms with Crippen LogP contribution in [-0.2, 0) is 4.79 Å². The molecule has 0 radical (unpaired) electrons. The van der Waals surface area contributed by atoms with E-state index < -0.39 is 23.6 Å². The zero-order chi connectivity index (χ0) is 21.4. The molecule has 0 saturated heterocycles. The Labute approximate surface area is 161 Å². The summed E-state index contributed by atoms with van der Waals surface area (Å²) in [6.45, 7) is -0.0361. The SMILES string of the molecule is N/N=C(\C=NCCC(=O)O)n1ccnc(Nc2ccc(OC(F)(F)F)cc2)c1=O. The Bertz CT molecular complexity index is 970. The molecule has 0 aliphatic heterocycles. The third kappa shape index (κ3) is 6.64. The number of aliphatic carboxylic acids is 1. The Morgan fingerprint density at radius 3 is 2.62 bits per heavy atom. The number of aromatic nitrogens is 2. The highest BCUT2D eigenvalue weighted by Crippen LogP contribution is 2.24. The number of rotatable bonds is 7. The average molecular weight is 412 g/mol. The van der Waals surface area contributed by atoms with Crippen molar-refractivity contribution in [3.63, 3.8) is 0 Å². The molecule has 1 heterocycles. The van der Waals surface area contributed by atoms with Gasteiger partial charge in [0, 0.05) is 24.6 Å². The fraction of sp³-hybridized carbons (Fsp3) is 0.188. The fourth-order valence-corrected chi connectivity index (χ4v) is 2.02. The minimum atomic E-state index is -4.81. The van der Waals surface area contributed by atoms with Crippen LogP contribution in [0.3, 0.4) is 0 Å². The van der Waals surface area contributed by atoms with Gasteiger partial charge in [0.2, 0.25) is 0 Å². The lowest BCUT2D eigenvalue weighted by Gasteiger charge is -2.10. The van der Waals surface area contributed by atoms with Gasteiger partial charge in [-0.2, -0.15) is 5.10 Å². The van der Waals surface area contributed by atoms with Gasteiger partial charge in [-0.1, -0.05) is 0 Å². The van der Waals surface area contributed by atoms with Crippen LogP contribution >= 0.6 is 0 Å². The summed E-state index contributed by atoms with van der Waals surface area (Å²) in [6.07, 6.45) is -1.35. The molecule has 0 unspecified atom stereocenters. The van der Waals surface area contributed by atoms with E-state index in [1.165, 1.54) is 24.5 Å². The number of aliphatic imine (C=N–C) groups is 1. The summed E-state index contributed by atoms with van der Waals surface area (Å²) in [5.74, 6) is 3.58. The molecular formula is C16H15F3N6O4. The number of carboxylic acids is 1. The molecule has 0 aliphatic carbocycles. The highest BCUT2D eigenvalue weighted by atomic mass is 19.4. The largest absolute Gasteiger partial charge is 0.573 e. The number of benzene rings is 1. The molecule has 0 saturated carbocycles. The van der Waals surface area contributed by atoms with Crippen molar-refractivity contribution in [1.82, 2.24) is 9.55 Å². The zero-order valence-corrected chi connectivity index (χ0v) is 14.6. The van der Waals surface area contributed by atoms with Crippen LogP contribution in [0.1, 0.15) is 6.42 Å². The lowest BCUT2D eigenvalue weighted by atomic mass is 10.3. The standard InChI is InChI=1S/C16H15F3N6O4/c17-16(18,19)29-11-3-1-10(2-4-11)23-14-15(28)25(8-7-22-14)12(24-20)9-21-6-5-13(26)27/h1-4,7-9H,5-6,20H2,(H,22,23)(H,26,27)/b21-9?,24-12+. The second kappa shape index (κ2) is 9.34. The maximum absolute atomic E-state index is 12.5. The quantitative estimate of drug-likeness (QED) is 0.271. The summed E-state index contributed by atoms with van der Waals surface area (Å²) in [5, 5.41) is 14.7. The number of carbonyl (C=O) groups is 1. The van der Waals surface area contributed by atoms with Crippen LogP contribution in [0.4, 0.5) is 24.7 Å². The molecule has 2 aromatic rings. The lowest BCUT2D eigenvalue weighted by Crippen LogP contribution is -2.30. The summed E-state index contributed by atoms with van der Waals surface area (Å²) in [6, 6.07) is 4.67. The minimum absolute atomic E-state index is 0.0361. The van der Waals surface area contributed by atoms with Crippen LogP contribution in [0.15, 0.2) is 51.5 Å². The van der Waals surface area contributed by atoms with E-state index in [4.69, 9.17) is 10.9 Å². The zero-order valence-electron chi connectivity index (χ0n) is 14.6. The van der Waals surface area contributed by atoms with E-state index >= 15 is 0 Å². The van der Waals surface area contributed by atoms with Gasteiger partial charge in [0.15, 0.2) is 11.7 Å². The number of halogens is 3. The summed E-state index contributed by atoms with van der Waals surface area (Å²) in [4.78, 5) is 30.7. The van der Waals surface area contributed by atoms with Crippen molar-refractivity contribution in [3.05, 3.63) is 47.0 Å². The first kappa shape index (κ1) is 21.4. The van der Waals surface area contributed by atoms with Gasteiger partial charge in [0.1, 0.15) is 5.75 Å². The van der Waals surface area contributed by atoms with E-state index in [-0.39, 0.29) is 30.3 Å². The van der Waals surface area contributed by atoms with E-state index in [1.807, 2.05) is 0 Å². The molecule has 13 heteroatoms. The Kier molecular flexibility index (Phi) is 6.89. The molecule has 0 aliphatic rings. The van der Waals surface area contributed by atoms with Gasteiger partial charge >= 0.3 is 12.3 Å². The van der Waals surface area contributed by atoms with Gasteiger partial charge in [-0.3, -0.25) is 19.1 Å². The van der Waals surface area contributed by atoms with Crippen molar-refractivity contribution in [2.45, 2.75) is 12.8 Å². The summed E-state index contributed by atoms with van der Waals surface area (Å²) in [7, 11) is 0. The smallest absolute Gasteiger partial charge is 0.481 e. The van der Waals surface area contributed by atoms with Crippen LogP contribution in [-0.4, -0.2) is 45.6 Å². The number of hydrogen-bond acceptors (Lipinski definition) is 8. The molecule has 0 fully saturated rings. The Morgan fingerprint density at radius 1 is 1.34 bits per heavy atom. The predicted octanol–water partition coefficient (Wildman–Crippen LogP) is 1.55. The van der Waals surface area contributed by atoms with Gasteiger partial charge in [-0.15, -0.1) is 13.2 Å². The third-order valence-electron chi connectivity index (χ3n) is 3.23. The lowest BCUT2D eigenvalue weighted by molar-refractivity contribution is -0.274. The van der Waals surface area contributed by atoms with Crippen molar-refractivity contribution in [1.29, 1.82) is 0 Å². The molecule has 1 aromatic heterocycles. The molecule has 4 N–H and O–H groups in total. The number of carboxylic acid groups (broad SMARTS) is 1. The monoisotopic (exact) mass is 412 g/mol. The molecule has 1 aromatic carbocycles. The highest BCUT2D eigenvalue weighted by molar-refractivity contribution is 6.30. The van der Waals surface area contributed by atoms with E-state index in [9.17, 15) is 22.8 Å². The van der Waals surface area contributed by atoms with Gasteiger partial charge in [-0.25, -0.2) is 4.98 Å². The minimum Gasteiger partial charge on any atom is -0.481 e. The molecule has 0 atom stereocenters. The number of anilines is 2. The molecule has 0 spiro atoms. The second-order valence-electron chi connectivity index (χ2n) is 5.31. The topological polar surface area (TPSA) is 144 Å². The van der Waals surface area contributed by atoms with E-state index in [0.29, 0.717) is 0 Å². The summed E-state index contributed by atoms with van der Waals surface area (Å²) in [5.41, 5.74) is -0.389. The average Bonchev–Trinajstić information content (AvgIpc) is 2.64. The predicted molar refractivity (Wildman–Crippen MR) is 97.5 cm³/mol. The second-order valence-corrected chi connectivity index (χ2v) is 5.31. The molecule has 154 valence electrons. The van der Waals surface area contributed by atoms with Gasteiger partial charge in [-0.05, 0) is 24.3 Å². The number of nitrogens with zero attached hydrogens (tertiary/aromatic N) is 4. The normalized spacial score (nSPS) is 12.2. The molecule has 29 heavy (non-hydrogen) atoms. The van der Waals surface area contributed by atoms with Crippen molar-refractivity contribution < 1.29 is 27.8 Å². The number of nitrogens with one attached hydrogen (secondary N) is 1. The number of nitrogens with two attached hydrogens (primary N) is 1. The van der Waals surface area contributed by atoms with Crippen LogP contribution < -0.4 is 21.5 Å². The maximum atomic E-state index is 12.5. The molecule has 0 bridgehead atoms. The fourth-order valence-electron chi connectivity index (χ4n) is 2.02. The maximum Gasteiger partial charge on any atom is 0.573 e. The van der Waals surface area contributed by atoms with Crippen molar-refractivity contribution in [2.75, 3.05) is 11.9 Å². The molecular weight excluding hydrogens is 397 g/mol. The van der Waals surface area contributed by atoms with E-state index in [2.05, 4.69) is 25.1 Å². The Balaban J connectivity index is 2.17. The molecule has 0 amide bonds. The van der Waals surface area contributed by atoms with Gasteiger partial charge in [0.25, 0.3) is 5.56 Å². The van der Waals surface area contributed by atoms with Gasteiger partial charge in [0.05, 0.1) is 12.6 Å². The Hall–Kier alpha value is -3.90. The number of alkyl halides is 3. The third-order valence-corrected chi connectivity index (χ3v) is 3.23. The highest BCUT2D eigenvalue weighted by Gasteiger charge is 2.30. The first-order chi connectivity index (χ1) is 13.7. The number of ether oxygens (including phenoxy) is 1. The Morgan fingerprint density at radius 2 is 2.03 bits per heavy atom. The number of hydrazone groups is 1.